The molecular formula is C15H20BrF2NO. The molecule has 1 aliphatic rings. The van der Waals surface area contributed by atoms with Crippen LogP contribution in [-0.4, -0.2) is 25.8 Å². The van der Waals surface area contributed by atoms with E-state index in [2.05, 4.69) is 21.2 Å². The maximum Gasteiger partial charge on any atom is 0.143 e. The second kappa shape index (κ2) is 6.96. The molecular weight excluding hydrogens is 328 g/mol. The monoisotopic (exact) mass is 347 g/mol. The highest BCUT2D eigenvalue weighted by molar-refractivity contribution is 9.10. The van der Waals surface area contributed by atoms with Gasteiger partial charge in [-0.25, -0.2) is 8.78 Å². The summed E-state index contributed by atoms with van der Waals surface area (Å²) in [5.74, 6) is -0.515. The number of rotatable bonds is 7. The molecule has 0 aliphatic heterocycles. The summed E-state index contributed by atoms with van der Waals surface area (Å²) in [5.41, 5.74) is 0.115. The summed E-state index contributed by atoms with van der Waals surface area (Å²) in [6, 6.07) is 2.60. The maximum atomic E-state index is 14.1. The molecule has 2 unspecified atom stereocenters. The lowest BCUT2D eigenvalue weighted by molar-refractivity contribution is 0.0207. The average Bonchev–Trinajstić information content (AvgIpc) is 3.26. The summed E-state index contributed by atoms with van der Waals surface area (Å²) < 4.78 is 34.0. The lowest BCUT2D eigenvalue weighted by Gasteiger charge is -2.27. The normalized spacial score (nSPS) is 18.1. The molecule has 1 aromatic rings. The van der Waals surface area contributed by atoms with Crippen molar-refractivity contribution >= 4 is 15.9 Å². The first-order valence-corrected chi connectivity index (χ1v) is 7.79. The Labute approximate surface area is 127 Å². The third-order valence-electron chi connectivity index (χ3n) is 3.78. The second-order valence-electron chi connectivity index (χ2n) is 5.18. The minimum atomic E-state index is -0.517. The Hall–Kier alpha value is -0.520. The van der Waals surface area contributed by atoms with Crippen molar-refractivity contribution in [3.8, 4) is 0 Å². The standard InChI is InChI=1S/C15H20BrF2NO/c1-3-20-15(9-4-5-9)13(19-2)8-10-12(17)7-6-11(16)14(10)18/h6-7,9,13,15,19H,3-5,8H2,1-2H3. The number of likely N-dealkylation sites (N-methyl/N-ethyl adjacent to an activating group) is 1. The zero-order valence-corrected chi connectivity index (χ0v) is 13.3. The third kappa shape index (κ3) is 3.57. The van der Waals surface area contributed by atoms with Gasteiger partial charge in [-0.15, -0.1) is 0 Å². The first-order chi connectivity index (χ1) is 9.58. The summed E-state index contributed by atoms with van der Waals surface area (Å²) in [4.78, 5) is 0. The highest BCUT2D eigenvalue weighted by atomic mass is 79.9. The zero-order chi connectivity index (χ0) is 14.7. The predicted molar refractivity (Wildman–Crippen MR) is 78.7 cm³/mol. The fraction of sp³-hybridized carbons (Fsp3) is 0.600. The van der Waals surface area contributed by atoms with Gasteiger partial charge in [-0.05, 0) is 67.2 Å². The van der Waals surface area contributed by atoms with Crippen molar-refractivity contribution in [3.63, 3.8) is 0 Å². The van der Waals surface area contributed by atoms with Crippen LogP contribution in [0.15, 0.2) is 16.6 Å². The molecule has 1 aromatic carbocycles. The Kier molecular flexibility index (Phi) is 5.52. The van der Waals surface area contributed by atoms with Crippen molar-refractivity contribution in [1.29, 1.82) is 0 Å². The van der Waals surface area contributed by atoms with E-state index in [1.807, 2.05) is 14.0 Å². The van der Waals surface area contributed by atoms with Gasteiger partial charge in [0.1, 0.15) is 11.6 Å². The van der Waals surface area contributed by atoms with Crippen molar-refractivity contribution in [1.82, 2.24) is 5.32 Å². The van der Waals surface area contributed by atoms with Gasteiger partial charge >= 0.3 is 0 Å². The van der Waals surface area contributed by atoms with E-state index in [-0.39, 0.29) is 24.1 Å². The molecule has 5 heteroatoms. The van der Waals surface area contributed by atoms with Gasteiger partial charge in [-0.1, -0.05) is 0 Å². The molecule has 112 valence electrons. The first kappa shape index (κ1) is 15.9. The molecule has 2 atom stereocenters. The zero-order valence-electron chi connectivity index (χ0n) is 11.8. The van der Waals surface area contributed by atoms with Crippen LogP contribution >= 0.6 is 15.9 Å². The molecule has 1 fully saturated rings. The van der Waals surface area contributed by atoms with E-state index in [1.165, 1.54) is 12.1 Å². The summed E-state index contributed by atoms with van der Waals surface area (Å²) in [7, 11) is 1.81. The van der Waals surface area contributed by atoms with Crippen molar-refractivity contribution in [2.45, 2.75) is 38.3 Å². The van der Waals surface area contributed by atoms with Gasteiger partial charge in [0, 0.05) is 18.2 Å². The van der Waals surface area contributed by atoms with E-state index in [1.54, 1.807) is 0 Å². The Morgan fingerprint density at radius 1 is 1.40 bits per heavy atom. The molecule has 2 nitrogen and oxygen atoms in total. The van der Waals surface area contributed by atoms with Gasteiger partial charge in [0.15, 0.2) is 0 Å². The van der Waals surface area contributed by atoms with Gasteiger partial charge in [0.25, 0.3) is 0 Å². The number of nitrogens with one attached hydrogen (secondary N) is 1. The lowest BCUT2D eigenvalue weighted by Crippen LogP contribution is -2.43. The van der Waals surface area contributed by atoms with Crippen LogP contribution in [0.3, 0.4) is 0 Å². The summed E-state index contributed by atoms with van der Waals surface area (Å²) in [5, 5.41) is 3.16. The van der Waals surface area contributed by atoms with Crippen LogP contribution in [-0.2, 0) is 11.2 Å². The number of hydrogen-bond donors (Lipinski definition) is 1. The van der Waals surface area contributed by atoms with Gasteiger partial charge in [0.05, 0.1) is 10.6 Å². The van der Waals surface area contributed by atoms with Crippen molar-refractivity contribution in [2.75, 3.05) is 13.7 Å². The third-order valence-corrected chi connectivity index (χ3v) is 4.39. The molecule has 0 heterocycles. The molecule has 20 heavy (non-hydrogen) atoms. The first-order valence-electron chi connectivity index (χ1n) is 6.99. The van der Waals surface area contributed by atoms with Crippen LogP contribution in [0.2, 0.25) is 0 Å². The van der Waals surface area contributed by atoms with Crippen molar-refractivity contribution in [3.05, 3.63) is 33.8 Å². The smallest absolute Gasteiger partial charge is 0.143 e. The Bertz CT molecular complexity index is 465. The summed E-state index contributed by atoms with van der Waals surface area (Å²) in [6.45, 7) is 2.56. The quantitative estimate of drug-likeness (QED) is 0.759. The van der Waals surface area contributed by atoms with E-state index in [9.17, 15) is 8.78 Å². The Morgan fingerprint density at radius 2 is 2.10 bits per heavy atom. The van der Waals surface area contributed by atoms with E-state index >= 15 is 0 Å². The second-order valence-corrected chi connectivity index (χ2v) is 6.03. The molecule has 2 rings (SSSR count). The molecule has 0 amide bonds. The Morgan fingerprint density at radius 3 is 2.65 bits per heavy atom. The van der Waals surface area contributed by atoms with Gasteiger partial charge < -0.3 is 10.1 Å². The molecule has 1 saturated carbocycles. The molecule has 0 saturated heterocycles. The lowest BCUT2D eigenvalue weighted by atomic mass is 9.97. The van der Waals surface area contributed by atoms with Crippen LogP contribution in [0.4, 0.5) is 8.78 Å². The molecule has 0 spiro atoms. The van der Waals surface area contributed by atoms with Crippen LogP contribution in [0.1, 0.15) is 25.3 Å². The highest BCUT2D eigenvalue weighted by Crippen LogP contribution is 2.37. The van der Waals surface area contributed by atoms with Gasteiger partial charge in [-0.2, -0.15) is 0 Å². The molecule has 1 aliphatic carbocycles. The largest absolute Gasteiger partial charge is 0.377 e. The maximum absolute atomic E-state index is 14.1. The topological polar surface area (TPSA) is 21.3 Å². The SMILES string of the molecule is CCOC(C1CC1)C(Cc1c(F)ccc(Br)c1F)NC. The molecule has 1 N–H and O–H groups in total. The van der Waals surface area contributed by atoms with Crippen LogP contribution < -0.4 is 5.32 Å². The van der Waals surface area contributed by atoms with E-state index in [0.717, 1.165) is 12.8 Å². The van der Waals surface area contributed by atoms with E-state index < -0.39 is 11.6 Å². The molecule has 0 bridgehead atoms. The molecule has 0 radical (unpaired) electrons. The van der Waals surface area contributed by atoms with Crippen molar-refractivity contribution < 1.29 is 13.5 Å². The fourth-order valence-corrected chi connectivity index (χ4v) is 2.93. The van der Waals surface area contributed by atoms with E-state index in [0.29, 0.717) is 17.0 Å². The average molecular weight is 348 g/mol. The van der Waals surface area contributed by atoms with Gasteiger partial charge in [-0.3, -0.25) is 0 Å². The minimum absolute atomic E-state index is 0.0165. The number of benzene rings is 1. The van der Waals surface area contributed by atoms with Crippen LogP contribution in [0.25, 0.3) is 0 Å². The van der Waals surface area contributed by atoms with Gasteiger partial charge in [0.2, 0.25) is 0 Å². The molecule has 0 aromatic heterocycles. The summed E-state index contributed by atoms with van der Waals surface area (Å²) in [6.07, 6.45) is 2.57. The Balaban J connectivity index is 2.19. The van der Waals surface area contributed by atoms with Crippen LogP contribution in [0.5, 0.6) is 0 Å². The van der Waals surface area contributed by atoms with Crippen LogP contribution in [0, 0.1) is 17.6 Å². The predicted octanol–water partition coefficient (Wildman–Crippen LogP) is 3.67. The number of hydrogen-bond acceptors (Lipinski definition) is 2. The summed E-state index contributed by atoms with van der Waals surface area (Å²) >= 11 is 3.11. The number of halogens is 3. The number of ether oxygens (including phenoxy) is 1. The van der Waals surface area contributed by atoms with E-state index in [4.69, 9.17) is 4.74 Å². The fourth-order valence-electron chi connectivity index (χ4n) is 2.56. The van der Waals surface area contributed by atoms with Crippen molar-refractivity contribution in [2.24, 2.45) is 5.92 Å². The highest BCUT2D eigenvalue weighted by Gasteiger charge is 2.37. The minimum Gasteiger partial charge on any atom is -0.377 e.